The highest BCUT2D eigenvalue weighted by Gasteiger charge is 1.92. The molecule has 0 N–H and O–H groups in total. The highest BCUT2D eigenvalue weighted by Crippen LogP contribution is 2.00. The topological polar surface area (TPSA) is 0 Å². The van der Waals surface area contributed by atoms with Gasteiger partial charge in [-0.2, -0.15) is 0 Å². The van der Waals surface area contributed by atoms with E-state index < -0.39 is 0 Å². The zero-order chi connectivity index (χ0) is 7.56. The predicted octanol–water partition coefficient (Wildman–Crippen LogP) is 1.60. The van der Waals surface area contributed by atoms with Crippen molar-refractivity contribution in [3.63, 3.8) is 0 Å². The van der Waals surface area contributed by atoms with Crippen molar-refractivity contribution in [3.8, 4) is 0 Å². The van der Waals surface area contributed by atoms with Crippen LogP contribution in [0.15, 0.2) is 18.2 Å². The number of rotatable bonds is 1. The molecule has 0 nitrogen and oxygen atoms in total. The molecule has 0 spiro atoms. The highest BCUT2D eigenvalue weighted by molar-refractivity contribution is 6.33. The quantitative estimate of drug-likeness (QED) is 0.531. The van der Waals surface area contributed by atoms with Gasteiger partial charge in [0.2, 0.25) is 0 Å². The van der Waals surface area contributed by atoms with Crippen LogP contribution in [-0.4, -0.2) is 16.3 Å². The molecule has 0 aliphatic rings. The molecular formula is C9H13Al. The van der Waals surface area contributed by atoms with E-state index in [1.807, 2.05) is 0 Å². The summed E-state index contributed by atoms with van der Waals surface area (Å²) in [6.45, 7) is 4.31. The predicted molar refractivity (Wildman–Crippen MR) is 48.1 cm³/mol. The van der Waals surface area contributed by atoms with Crippen LogP contribution in [0.4, 0.5) is 0 Å². The lowest BCUT2D eigenvalue weighted by Gasteiger charge is -2.03. The monoisotopic (exact) mass is 148 g/mol. The Morgan fingerprint density at radius 3 is 2.70 bits per heavy atom. The zero-order valence-electron chi connectivity index (χ0n) is 6.52. The number of aryl methyl sites for hydroxylation is 2. The molecule has 52 valence electrons. The first-order chi connectivity index (χ1) is 4.74. The third kappa shape index (κ3) is 1.62. The third-order valence-electron chi connectivity index (χ3n) is 1.68. The molecule has 0 aliphatic heterocycles. The van der Waals surface area contributed by atoms with Gasteiger partial charge in [-0.05, 0) is 13.3 Å². The summed E-state index contributed by atoms with van der Waals surface area (Å²) in [4.78, 5) is 0. The van der Waals surface area contributed by atoms with E-state index >= 15 is 0 Å². The van der Waals surface area contributed by atoms with Gasteiger partial charge < -0.3 is 0 Å². The molecule has 2 radical (unpaired) electrons. The second-order valence-electron chi connectivity index (χ2n) is 2.56. The molecule has 0 heterocycles. The largest absolute Gasteiger partial charge is 0.176 e. The maximum atomic E-state index is 2.75. The first kappa shape index (κ1) is 7.86. The molecule has 1 aromatic carbocycles. The number of hydrogen-bond acceptors (Lipinski definition) is 0. The van der Waals surface area contributed by atoms with Gasteiger partial charge in [0.05, 0.1) is 0 Å². The van der Waals surface area contributed by atoms with E-state index in [0.717, 1.165) is 6.42 Å². The Bertz CT molecular complexity index is 233. The van der Waals surface area contributed by atoms with Crippen LogP contribution in [0.25, 0.3) is 0 Å². The molecule has 0 unspecified atom stereocenters. The third-order valence-corrected chi connectivity index (χ3v) is 2.24. The minimum atomic E-state index is 0. The van der Waals surface area contributed by atoms with Gasteiger partial charge >= 0.3 is 0 Å². The van der Waals surface area contributed by atoms with Crippen molar-refractivity contribution in [2.24, 2.45) is 0 Å². The second kappa shape index (κ2) is 3.23. The van der Waals surface area contributed by atoms with Crippen molar-refractivity contribution in [3.05, 3.63) is 29.3 Å². The summed E-state index contributed by atoms with van der Waals surface area (Å²) in [6.07, 6.45) is 1.13. The summed E-state index contributed by atoms with van der Waals surface area (Å²) >= 11 is 2.75. The van der Waals surface area contributed by atoms with Crippen LogP contribution < -0.4 is 4.43 Å². The summed E-state index contributed by atoms with van der Waals surface area (Å²) in [5.74, 6) is 0. The first-order valence-electron chi connectivity index (χ1n) is 3.59. The van der Waals surface area contributed by atoms with E-state index in [9.17, 15) is 0 Å². The Kier molecular flexibility index (Phi) is 2.54. The smallest absolute Gasteiger partial charge is 0.136 e. The molecule has 0 fully saturated rings. The van der Waals surface area contributed by atoms with Crippen molar-refractivity contribution in [1.29, 1.82) is 0 Å². The minimum Gasteiger partial charge on any atom is -0.136 e. The lowest BCUT2D eigenvalue weighted by molar-refractivity contribution is 1.15. The van der Waals surface area contributed by atoms with Gasteiger partial charge in [-0.25, -0.2) is 0 Å². The van der Waals surface area contributed by atoms with Crippen molar-refractivity contribution in [1.82, 2.24) is 0 Å². The van der Waals surface area contributed by atoms with Crippen LogP contribution >= 0.6 is 0 Å². The van der Waals surface area contributed by atoms with Crippen LogP contribution in [0.2, 0.25) is 0 Å². The van der Waals surface area contributed by atoms with Gasteiger partial charge in [0.1, 0.15) is 0 Å². The number of hydrogen-bond donors (Lipinski definition) is 0. The van der Waals surface area contributed by atoms with E-state index in [1.165, 1.54) is 15.6 Å². The second-order valence-corrected chi connectivity index (χ2v) is 3.18. The summed E-state index contributed by atoms with van der Waals surface area (Å²) in [5.41, 5.74) is 2.79. The normalized spacial score (nSPS) is 9.80. The molecule has 0 aromatic heterocycles. The van der Waals surface area contributed by atoms with Crippen LogP contribution in [0.1, 0.15) is 19.5 Å². The van der Waals surface area contributed by atoms with Gasteiger partial charge in [-0.15, -0.1) is 4.43 Å². The maximum absolute atomic E-state index is 2.75. The Morgan fingerprint density at radius 2 is 2.20 bits per heavy atom. The Hall–Kier alpha value is -0.248. The van der Waals surface area contributed by atoms with Crippen LogP contribution in [-0.2, 0) is 6.42 Å². The van der Waals surface area contributed by atoms with E-state index in [2.05, 4.69) is 48.3 Å². The van der Waals surface area contributed by atoms with E-state index in [-0.39, 0.29) is 1.43 Å². The van der Waals surface area contributed by atoms with Crippen LogP contribution in [0.3, 0.4) is 0 Å². The first-order valence-corrected chi connectivity index (χ1v) is 4.16. The fourth-order valence-corrected chi connectivity index (χ4v) is 1.42. The molecule has 0 saturated carbocycles. The van der Waals surface area contributed by atoms with Gasteiger partial charge in [0, 0.05) is 1.43 Å². The van der Waals surface area contributed by atoms with Crippen molar-refractivity contribution in [2.75, 3.05) is 0 Å². The molecule has 1 rings (SSSR count). The molecule has 0 atom stereocenters. The van der Waals surface area contributed by atoms with Gasteiger partial charge in [-0.1, -0.05) is 36.2 Å². The summed E-state index contributed by atoms with van der Waals surface area (Å²) in [5, 5.41) is 0. The molecule has 0 aliphatic carbocycles. The van der Waals surface area contributed by atoms with Crippen molar-refractivity contribution < 1.29 is 1.43 Å². The summed E-state index contributed by atoms with van der Waals surface area (Å²) in [7, 11) is 0. The van der Waals surface area contributed by atoms with Gasteiger partial charge in [0.25, 0.3) is 0 Å². The van der Waals surface area contributed by atoms with Crippen molar-refractivity contribution >= 4 is 20.7 Å². The lowest BCUT2D eigenvalue weighted by atomic mass is 10.1. The Morgan fingerprint density at radius 1 is 1.50 bits per heavy atom. The van der Waals surface area contributed by atoms with E-state index in [4.69, 9.17) is 0 Å². The molecule has 1 aromatic rings. The molecule has 0 bridgehead atoms. The standard InChI is InChI=1S/C9H11.Al.H2/c1-3-9-6-4-5-8(2)7-9;;/h4-5,7H,3H2,1-2H3;;1H. The van der Waals surface area contributed by atoms with Gasteiger partial charge in [0.15, 0.2) is 16.3 Å². The van der Waals surface area contributed by atoms with E-state index in [1.54, 1.807) is 0 Å². The summed E-state index contributed by atoms with van der Waals surface area (Å²) < 4.78 is 1.33. The fraction of sp³-hybridized carbons (Fsp3) is 0.333. The molecule has 0 saturated heterocycles. The van der Waals surface area contributed by atoms with Crippen LogP contribution in [0, 0.1) is 6.92 Å². The van der Waals surface area contributed by atoms with Crippen LogP contribution in [0.5, 0.6) is 0 Å². The number of benzene rings is 1. The molecule has 1 heteroatoms. The fourth-order valence-electron chi connectivity index (χ4n) is 1.04. The SMILES string of the molecule is CCc1cc(C)cc[c]1[Al].[HH]. The highest BCUT2D eigenvalue weighted by atomic mass is 27.0. The lowest BCUT2D eigenvalue weighted by Crippen LogP contribution is -2.08. The molecule has 10 heavy (non-hydrogen) atoms. The molecular weight excluding hydrogens is 135 g/mol. The molecule has 0 amide bonds. The average Bonchev–Trinajstić information content (AvgIpc) is 1.94. The minimum absolute atomic E-state index is 0. The van der Waals surface area contributed by atoms with Gasteiger partial charge in [-0.3, -0.25) is 0 Å². The Balaban J connectivity index is 0.000001000. The van der Waals surface area contributed by atoms with Crippen molar-refractivity contribution in [2.45, 2.75) is 20.3 Å². The van der Waals surface area contributed by atoms with E-state index in [0.29, 0.717) is 0 Å². The Labute approximate surface area is 72.2 Å². The average molecular weight is 148 g/mol. The zero-order valence-corrected chi connectivity index (χ0v) is 7.67. The maximum Gasteiger partial charge on any atom is 0.176 e. The summed E-state index contributed by atoms with van der Waals surface area (Å²) in [6, 6.07) is 6.53.